The van der Waals surface area contributed by atoms with Crippen LogP contribution in [-0.2, 0) is 0 Å². The summed E-state index contributed by atoms with van der Waals surface area (Å²) in [5.74, 6) is 1.00. The molecule has 0 saturated carbocycles. The summed E-state index contributed by atoms with van der Waals surface area (Å²) in [5, 5.41) is 16.2. The molecule has 4 rings (SSSR count). The first-order valence-corrected chi connectivity index (χ1v) is 10.9. The molecule has 4 aromatic rings. The number of halogens is 1. The second-order valence-corrected chi connectivity index (χ2v) is 8.41. The zero-order valence-electron chi connectivity index (χ0n) is 18.2. The molecule has 8 nitrogen and oxygen atoms in total. The summed E-state index contributed by atoms with van der Waals surface area (Å²) in [4.78, 5) is 22.3. The molecule has 2 aromatic carbocycles. The summed E-state index contributed by atoms with van der Waals surface area (Å²) >= 11 is 1.43. The Bertz CT molecular complexity index is 1310. The van der Waals surface area contributed by atoms with Crippen molar-refractivity contribution in [1.82, 2.24) is 20.2 Å². The lowest BCUT2D eigenvalue weighted by molar-refractivity contribution is 0.262. The number of urea groups is 1. The normalized spacial score (nSPS) is 10.7. The molecule has 2 heterocycles. The molecule has 0 saturated heterocycles. The number of rotatable bonds is 6. The molecular formula is C23H22FN7OS. The van der Waals surface area contributed by atoms with Crippen LogP contribution in [0.2, 0.25) is 0 Å². The van der Waals surface area contributed by atoms with E-state index >= 15 is 0 Å². The zero-order valence-corrected chi connectivity index (χ0v) is 19.0. The molecule has 0 radical (unpaired) electrons. The number of hydrogen-bond donors (Lipinski definition) is 4. The molecule has 0 aliphatic heterocycles. The van der Waals surface area contributed by atoms with Crippen molar-refractivity contribution < 1.29 is 9.18 Å². The number of amides is 2. The molecular weight excluding hydrogens is 441 g/mol. The van der Waals surface area contributed by atoms with E-state index in [0.29, 0.717) is 22.3 Å². The van der Waals surface area contributed by atoms with E-state index in [4.69, 9.17) is 0 Å². The third-order valence-corrected chi connectivity index (χ3v) is 5.56. The van der Waals surface area contributed by atoms with Crippen LogP contribution in [0.5, 0.6) is 0 Å². The predicted octanol–water partition coefficient (Wildman–Crippen LogP) is 5.80. The van der Waals surface area contributed by atoms with Crippen LogP contribution in [0.15, 0.2) is 64.6 Å². The van der Waals surface area contributed by atoms with Gasteiger partial charge >= 0.3 is 6.03 Å². The minimum atomic E-state index is -0.452. The molecule has 0 fully saturated rings. The van der Waals surface area contributed by atoms with Gasteiger partial charge in [-0.05, 0) is 74.5 Å². The number of anilines is 4. The van der Waals surface area contributed by atoms with Crippen LogP contribution in [0, 0.1) is 26.6 Å². The smallest absolute Gasteiger partial charge is 0.323 e. The van der Waals surface area contributed by atoms with E-state index in [1.807, 2.05) is 45.0 Å². The summed E-state index contributed by atoms with van der Waals surface area (Å²) < 4.78 is 13.3. The summed E-state index contributed by atoms with van der Waals surface area (Å²) in [6, 6.07) is 14.6. The Balaban J connectivity index is 1.43. The molecule has 33 heavy (non-hydrogen) atoms. The Labute approximate surface area is 194 Å². The molecule has 168 valence electrons. The second-order valence-electron chi connectivity index (χ2n) is 7.40. The summed E-state index contributed by atoms with van der Waals surface area (Å²) in [5.41, 5.74) is 3.66. The number of aryl methyl sites for hydroxylation is 3. The number of aromatic nitrogens is 4. The molecule has 0 aliphatic carbocycles. The Hall–Kier alpha value is -3.92. The topological polar surface area (TPSA) is 108 Å². The van der Waals surface area contributed by atoms with E-state index in [1.165, 1.54) is 30.0 Å². The van der Waals surface area contributed by atoms with Crippen molar-refractivity contribution in [3.63, 3.8) is 0 Å². The minimum Gasteiger partial charge on any atom is -0.325 e. The number of nitrogens with one attached hydrogen (secondary N) is 4. The molecule has 4 N–H and O–H groups in total. The molecule has 0 aliphatic rings. The van der Waals surface area contributed by atoms with E-state index in [-0.39, 0.29) is 0 Å². The van der Waals surface area contributed by atoms with Crippen molar-refractivity contribution in [2.24, 2.45) is 0 Å². The van der Waals surface area contributed by atoms with E-state index in [0.717, 1.165) is 27.7 Å². The van der Waals surface area contributed by atoms with Gasteiger partial charge in [0.05, 0.1) is 5.69 Å². The van der Waals surface area contributed by atoms with Crippen LogP contribution < -0.4 is 16.0 Å². The summed E-state index contributed by atoms with van der Waals surface area (Å²) in [7, 11) is 0. The van der Waals surface area contributed by atoms with Crippen LogP contribution in [-0.4, -0.2) is 26.2 Å². The zero-order chi connectivity index (χ0) is 23.4. The van der Waals surface area contributed by atoms with Gasteiger partial charge in [0.25, 0.3) is 0 Å². The highest BCUT2D eigenvalue weighted by atomic mass is 32.2. The van der Waals surface area contributed by atoms with Crippen molar-refractivity contribution in [3.8, 4) is 0 Å². The number of hydrogen-bond acceptors (Lipinski definition) is 6. The average Bonchev–Trinajstić information content (AvgIpc) is 3.14. The maximum Gasteiger partial charge on any atom is 0.323 e. The van der Waals surface area contributed by atoms with Gasteiger partial charge in [0.1, 0.15) is 17.5 Å². The van der Waals surface area contributed by atoms with E-state index in [1.54, 1.807) is 12.1 Å². The van der Waals surface area contributed by atoms with Crippen molar-refractivity contribution in [3.05, 3.63) is 77.4 Å². The fourth-order valence-corrected chi connectivity index (χ4v) is 3.96. The van der Waals surface area contributed by atoms with Crippen LogP contribution >= 0.6 is 11.8 Å². The number of nitrogens with zero attached hydrogens (tertiary/aromatic N) is 3. The van der Waals surface area contributed by atoms with Gasteiger partial charge in [-0.1, -0.05) is 6.07 Å². The highest BCUT2D eigenvalue weighted by Crippen LogP contribution is 2.31. The first-order chi connectivity index (χ1) is 15.8. The largest absolute Gasteiger partial charge is 0.325 e. The maximum absolute atomic E-state index is 13.3. The maximum atomic E-state index is 13.3. The highest BCUT2D eigenvalue weighted by molar-refractivity contribution is 7.99. The number of aromatic amines is 1. The predicted molar refractivity (Wildman–Crippen MR) is 128 cm³/mol. The molecule has 0 bridgehead atoms. The Morgan fingerprint density at radius 2 is 1.73 bits per heavy atom. The van der Waals surface area contributed by atoms with Crippen molar-refractivity contribution in [2.45, 2.75) is 30.8 Å². The van der Waals surface area contributed by atoms with Gasteiger partial charge in [-0.15, -0.1) is 0 Å². The van der Waals surface area contributed by atoms with Gasteiger partial charge in [-0.2, -0.15) is 5.10 Å². The third-order valence-electron chi connectivity index (χ3n) is 4.52. The number of benzene rings is 2. The number of carbonyl (C=O) groups is 1. The number of carbonyl (C=O) groups excluding carboxylic acids is 1. The van der Waals surface area contributed by atoms with Crippen LogP contribution in [0.3, 0.4) is 0 Å². The lowest BCUT2D eigenvalue weighted by Gasteiger charge is -2.11. The Kier molecular flexibility index (Phi) is 6.55. The number of H-pyrrole nitrogens is 1. The monoisotopic (exact) mass is 463 g/mol. The first kappa shape index (κ1) is 22.3. The van der Waals surface area contributed by atoms with Crippen LogP contribution in [0.4, 0.5) is 32.2 Å². The molecule has 2 aromatic heterocycles. The molecule has 0 unspecified atom stereocenters. The van der Waals surface area contributed by atoms with E-state index in [2.05, 4.69) is 36.1 Å². The molecule has 0 spiro atoms. The highest BCUT2D eigenvalue weighted by Gasteiger charge is 2.10. The van der Waals surface area contributed by atoms with Gasteiger partial charge in [-0.3, -0.25) is 5.10 Å². The molecule has 2 amide bonds. The Morgan fingerprint density at radius 1 is 0.939 bits per heavy atom. The van der Waals surface area contributed by atoms with Gasteiger partial charge in [0.15, 0.2) is 5.16 Å². The fourth-order valence-electron chi connectivity index (χ4n) is 3.07. The lowest BCUT2D eigenvalue weighted by atomic mass is 10.2. The average molecular weight is 464 g/mol. The van der Waals surface area contributed by atoms with E-state index in [9.17, 15) is 9.18 Å². The summed E-state index contributed by atoms with van der Waals surface area (Å²) in [6.07, 6.45) is 0. The van der Waals surface area contributed by atoms with Crippen LogP contribution in [0.1, 0.15) is 17.0 Å². The molecule has 10 heteroatoms. The lowest BCUT2D eigenvalue weighted by Crippen LogP contribution is -2.19. The van der Waals surface area contributed by atoms with Gasteiger partial charge < -0.3 is 16.0 Å². The quantitative estimate of drug-likeness (QED) is 0.269. The van der Waals surface area contributed by atoms with Crippen molar-refractivity contribution >= 4 is 40.8 Å². The van der Waals surface area contributed by atoms with Crippen molar-refractivity contribution in [2.75, 3.05) is 16.0 Å². The standard InChI is InChI=1S/C23H22FN7OS/c1-13-9-18(27-22(32)26-17-6-4-5-16(24)12-17)7-8-19(13)33-23-25-14(2)10-20(29-23)28-21-11-15(3)30-31-21/h4-12H,1-3H3,(H2,26,27,32)(H2,25,28,29,30,31). The summed E-state index contributed by atoms with van der Waals surface area (Å²) in [6.45, 7) is 5.76. The molecule has 0 atom stereocenters. The second kappa shape index (κ2) is 9.70. The van der Waals surface area contributed by atoms with Crippen LogP contribution in [0.25, 0.3) is 0 Å². The van der Waals surface area contributed by atoms with Gasteiger partial charge in [-0.25, -0.2) is 19.2 Å². The first-order valence-electron chi connectivity index (χ1n) is 10.1. The Morgan fingerprint density at radius 3 is 2.42 bits per heavy atom. The fraction of sp³-hybridized carbons (Fsp3) is 0.130. The van der Waals surface area contributed by atoms with Gasteiger partial charge in [0.2, 0.25) is 0 Å². The van der Waals surface area contributed by atoms with E-state index < -0.39 is 11.8 Å². The van der Waals surface area contributed by atoms with Gasteiger partial charge in [0, 0.05) is 34.1 Å². The SMILES string of the molecule is Cc1cc(Nc2cc(C)nc(Sc3ccc(NC(=O)Nc4cccc(F)c4)cc3C)n2)[nH]n1. The third kappa shape index (κ3) is 6.07. The van der Waals surface area contributed by atoms with Crippen molar-refractivity contribution in [1.29, 1.82) is 0 Å². The minimum absolute atomic E-state index is 0.377.